The van der Waals surface area contributed by atoms with E-state index in [1.165, 1.54) is 0 Å². The highest BCUT2D eigenvalue weighted by Crippen LogP contribution is 2.33. The van der Waals surface area contributed by atoms with E-state index in [4.69, 9.17) is 11.6 Å². The summed E-state index contributed by atoms with van der Waals surface area (Å²) in [4.78, 5) is 17.6. The summed E-state index contributed by atoms with van der Waals surface area (Å²) < 4.78 is 32.2. The lowest BCUT2D eigenvalue weighted by atomic mass is 10.2. The van der Waals surface area contributed by atoms with Gasteiger partial charge in [-0.15, -0.1) is 0 Å². The monoisotopic (exact) mass is 298 g/mol. The highest BCUT2D eigenvalue weighted by atomic mass is 35.5. The van der Waals surface area contributed by atoms with Crippen LogP contribution in [0.1, 0.15) is 5.69 Å². The number of carbonyl (C=O) groups excluding carboxylic acids is 1. The van der Waals surface area contributed by atoms with Gasteiger partial charge >= 0.3 is 5.92 Å². The fourth-order valence-electron chi connectivity index (χ4n) is 1.56. The molecule has 0 saturated carbocycles. The number of nitrogens with zero attached hydrogens (tertiary/aromatic N) is 2. The summed E-state index contributed by atoms with van der Waals surface area (Å²) in [6.45, 7) is -0.0803. The first kappa shape index (κ1) is 14.3. The van der Waals surface area contributed by atoms with Crippen molar-refractivity contribution in [1.29, 1.82) is 0 Å². The Morgan fingerprint density at radius 1 is 1.25 bits per heavy atom. The maximum Gasteiger partial charge on any atom is 0.311 e. The number of alkyl halides is 2. The first-order chi connectivity index (χ1) is 9.54. The number of rotatable bonds is 5. The Morgan fingerprint density at radius 3 is 2.55 bits per heavy atom. The molecule has 2 aromatic rings. The SMILES string of the molecule is O=COC/C=C/C(F)(F)c1nc2ccccc2nc1Cl. The molecule has 104 valence electrons. The molecule has 0 aliphatic heterocycles. The van der Waals surface area contributed by atoms with Gasteiger partial charge in [0.2, 0.25) is 0 Å². The molecule has 0 bridgehead atoms. The van der Waals surface area contributed by atoms with E-state index in [2.05, 4.69) is 14.7 Å². The van der Waals surface area contributed by atoms with Gasteiger partial charge in [-0.1, -0.05) is 23.7 Å². The first-order valence-corrected chi connectivity index (χ1v) is 5.96. The maximum atomic E-state index is 14.0. The van der Waals surface area contributed by atoms with Crippen LogP contribution in [0.2, 0.25) is 5.15 Å². The quantitative estimate of drug-likeness (QED) is 0.483. The lowest BCUT2D eigenvalue weighted by molar-refractivity contribution is -0.127. The molecule has 2 rings (SSSR count). The molecule has 0 unspecified atom stereocenters. The fraction of sp³-hybridized carbons (Fsp3) is 0.154. The summed E-state index contributed by atoms with van der Waals surface area (Å²) in [5.74, 6) is -3.40. The van der Waals surface area contributed by atoms with E-state index < -0.39 is 11.6 Å². The number of hydrogen-bond donors (Lipinski definition) is 0. The third-order valence-corrected chi connectivity index (χ3v) is 2.69. The van der Waals surface area contributed by atoms with Crippen LogP contribution in [0.25, 0.3) is 11.0 Å². The van der Waals surface area contributed by atoms with Crippen molar-refractivity contribution in [1.82, 2.24) is 9.97 Å². The van der Waals surface area contributed by atoms with Crippen molar-refractivity contribution in [2.24, 2.45) is 0 Å². The highest BCUT2D eigenvalue weighted by molar-refractivity contribution is 6.30. The van der Waals surface area contributed by atoms with Gasteiger partial charge in [0.25, 0.3) is 6.47 Å². The highest BCUT2D eigenvalue weighted by Gasteiger charge is 2.33. The normalized spacial score (nSPS) is 11.9. The van der Waals surface area contributed by atoms with Crippen molar-refractivity contribution in [3.8, 4) is 0 Å². The molecule has 7 heteroatoms. The second-order valence-electron chi connectivity index (χ2n) is 3.81. The molecule has 1 heterocycles. The molecule has 1 aromatic heterocycles. The van der Waals surface area contributed by atoms with E-state index >= 15 is 0 Å². The van der Waals surface area contributed by atoms with Crippen LogP contribution in [0, 0.1) is 0 Å². The minimum absolute atomic E-state index is 0.172. The molecule has 0 spiro atoms. The van der Waals surface area contributed by atoms with E-state index in [0.717, 1.165) is 6.08 Å². The van der Waals surface area contributed by atoms with Gasteiger partial charge < -0.3 is 4.74 Å². The Bertz CT molecular complexity index is 662. The predicted molar refractivity (Wildman–Crippen MR) is 69.6 cm³/mol. The molecule has 0 aliphatic carbocycles. The van der Waals surface area contributed by atoms with E-state index in [1.807, 2.05) is 0 Å². The number of benzene rings is 1. The number of fused-ring (bicyclic) bond motifs is 1. The van der Waals surface area contributed by atoms with Gasteiger partial charge in [-0.3, -0.25) is 4.79 Å². The summed E-state index contributed by atoms with van der Waals surface area (Å²) in [7, 11) is 0. The van der Waals surface area contributed by atoms with Crippen molar-refractivity contribution in [3.63, 3.8) is 0 Å². The van der Waals surface area contributed by atoms with Gasteiger partial charge in [0.05, 0.1) is 11.0 Å². The van der Waals surface area contributed by atoms with Crippen molar-refractivity contribution in [2.75, 3.05) is 6.61 Å². The average Bonchev–Trinajstić information content (AvgIpc) is 2.43. The Hall–Kier alpha value is -2.08. The molecule has 0 atom stereocenters. The third-order valence-electron chi connectivity index (χ3n) is 2.43. The summed E-state index contributed by atoms with van der Waals surface area (Å²) in [6.07, 6.45) is 1.59. The molecular weight excluding hydrogens is 290 g/mol. The second kappa shape index (κ2) is 5.92. The lowest BCUT2D eigenvalue weighted by Crippen LogP contribution is -2.14. The van der Waals surface area contributed by atoms with Crippen LogP contribution in [-0.2, 0) is 15.5 Å². The molecule has 0 radical (unpaired) electrons. The van der Waals surface area contributed by atoms with Gasteiger partial charge in [-0.05, 0) is 24.3 Å². The third kappa shape index (κ3) is 3.08. The van der Waals surface area contributed by atoms with Crippen molar-refractivity contribution >= 4 is 29.1 Å². The van der Waals surface area contributed by atoms with E-state index in [1.54, 1.807) is 24.3 Å². The molecule has 1 aromatic carbocycles. The number of aromatic nitrogens is 2. The predicted octanol–water partition coefficient (Wildman–Crippen LogP) is 3.10. The molecule has 0 N–H and O–H groups in total. The summed E-state index contributed by atoms with van der Waals surface area (Å²) in [5.41, 5.74) is 0.120. The topological polar surface area (TPSA) is 52.1 Å². The van der Waals surface area contributed by atoms with E-state index in [0.29, 0.717) is 17.1 Å². The van der Waals surface area contributed by atoms with Gasteiger partial charge in [-0.25, -0.2) is 9.97 Å². The summed E-state index contributed by atoms with van der Waals surface area (Å²) >= 11 is 5.75. The Morgan fingerprint density at radius 2 is 1.90 bits per heavy atom. The van der Waals surface area contributed by atoms with E-state index in [-0.39, 0.29) is 18.2 Å². The van der Waals surface area contributed by atoms with Crippen LogP contribution in [0.3, 0.4) is 0 Å². The average molecular weight is 299 g/mol. The van der Waals surface area contributed by atoms with Crippen molar-refractivity contribution in [2.45, 2.75) is 5.92 Å². The summed E-state index contributed by atoms with van der Waals surface area (Å²) in [5, 5.41) is -0.366. The molecule has 0 saturated heterocycles. The number of halogens is 3. The van der Waals surface area contributed by atoms with Gasteiger partial charge in [0.1, 0.15) is 6.61 Å². The zero-order valence-corrected chi connectivity index (χ0v) is 10.8. The number of allylic oxidation sites excluding steroid dienone is 1. The van der Waals surface area contributed by atoms with Crippen LogP contribution in [-0.4, -0.2) is 23.0 Å². The van der Waals surface area contributed by atoms with Crippen molar-refractivity contribution < 1.29 is 18.3 Å². The van der Waals surface area contributed by atoms with Gasteiger partial charge in [-0.2, -0.15) is 8.78 Å². The smallest absolute Gasteiger partial charge is 0.311 e. The molecule has 20 heavy (non-hydrogen) atoms. The molecular formula is C13H9ClF2N2O2. The lowest BCUT2D eigenvalue weighted by Gasteiger charge is -2.13. The van der Waals surface area contributed by atoms with Crippen LogP contribution in [0.15, 0.2) is 36.4 Å². The van der Waals surface area contributed by atoms with Crippen molar-refractivity contribution in [3.05, 3.63) is 47.3 Å². The Balaban J connectivity index is 2.37. The van der Waals surface area contributed by atoms with Crippen LogP contribution >= 0.6 is 11.6 Å². The number of hydrogen-bond acceptors (Lipinski definition) is 4. The Labute approximate surface area is 118 Å². The molecule has 0 fully saturated rings. The first-order valence-electron chi connectivity index (χ1n) is 5.58. The second-order valence-corrected chi connectivity index (χ2v) is 4.16. The van der Waals surface area contributed by atoms with Gasteiger partial charge in [0, 0.05) is 0 Å². The standard InChI is InChI=1S/C13H9ClF2N2O2/c14-12-11(13(15,16)6-3-7-20-8-19)17-9-4-1-2-5-10(9)18-12/h1-6,8H,7H2/b6-3+. The van der Waals surface area contributed by atoms with Gasteiger partial charge in [0.15, 0.2) is 10.8 Å². The fourth-order valence-corrected chi connectivity index (χ4v) is 1.82. The van der Waals surface area contributed by atoms with Crippen LogP contribution in [0.4, 0.5) is 8.78 Å². The zero-order chi connectivity index (χ0) is 14.6. The van der Waals surface area contributed by atoms with Crippen LogP contribution in [0.5, 0.6) is 0 Å². The number of carbonyl (C=O) groups is 1. The number of ether oxygens (including phenoxy) is 1. The molecule has 4 nitrogen and oxygen atoms in total. The molecule has 0 amide bonds. The summed E-state index contributed by atoms with van der Waals surface area (Å²) in [6, 6.07) is 6.57. The maximum absolute atomic E-state index is 14.0. The minimum atomic E-state index is -3.40. The number of para-hydroxylation sites is 2. The molecule has 0 aliphatic rings. The Kier molecular flexibility index (Phi) is 4.24. The largest absolute Gasteiger partial charge is 0.464 e. The minimum Gasteiger partial charge on any atom is -0.464 e. The van der Waals surface area contributed by atoms with E-state index in [9.17, 15) is 13.6 Å². The van der Waals surface area contributed by atoms with Crippen LogP contribution < -0.4 is 0 Å². The zero-order valence-electron chi connectivity index (χ0n) is 10.1.